The maximum Gasteiger partial charge on any atom is 0.338 e. The van der Waals surface area contributed by atoms with Gasteiger partial charge in [0.1, 0.15) is 0 Å². The lowest BCUT2D eigenvalue weighted by Crippen LogP contribution is -2.47. The molecule has 0 saturated heterocycles. The van der Waals surface area contributed by atoms with Crippen LogP contribution in [0.2, 0.25) is 0 Å². The third-order valence-electron chi connectivity index (χ3n) is 3.16. The molecule has 4 heteroatoms. The van der Waals surface area contributed by atoms with Crippen molar-refractivity contribution < 1.29 is 14.6 Å². The summed E-state index contributed by atoms with van der Waals surface area (Å²) < 4.78 is 4.55. The van der Waals surface area contributed by atoms with Crippen LogP contribution in [-0.4, -0.2) is 36.9 Å². The highest BCUT2D eigenvalue weighted by Crippen LogP contribution is 2.22. The van der Waals surface area contributed by atoms with Gasteiger partial charge in [0.05, 0.1) is 7.11 Å². The van der Waals surface area contributed by atoms with E-state index in [-0.39, 0.29) is 12.0 Å². The van der Waals surface area contributed by atoms with E-state index in [1.807, 2.05) is 0 Å². The molecular weight excluding hydrogens is 230 g/mol. The number of ether oxygens (including phenoxy) is 1. The van der Waals surface area contributed by atoms with Gasteiger partial charge in [0.2, 0.25) is 0 Å². The molecule has 0 radical (unpaired) electrons. The Morgan fingerprint density at radius 3 is 2.33 bits per heavy atom. The fourth-order valence-corrected chi connectivity index (χ4v) is 1.88. The molecule has 0 fully saturated rings. The van der Waals surface area contributed by atoms with Crippen LogP contribution in [0.1, 0.15) is 53.4 Å². The molecule has 0 spiro atoms. The number of nitrogens with one attached hydrogen (secondary N) is 1. The first kappa shape index (κ1) is 17.4. The average Bonchev–Trinajstić information content (AvgIpc) is 2.27. The monoisotopic (exact) mass is 259 g/mol. The van der Waals surface area contributed by atoms with Crippen LogP contribution in [0, 0.1) is 5.41 Å². The molecule has 0 bridgehead atoms. The van der Waals surface area contributed by atoms with E-state index >= 15 is 0 Å². The van der Waals surface area contributed by atoms with Crippen molar-refractivity contribution in [2.45, 2.75) is 59.0 Å². The van der Waals surface area contributed by atoms with Gasteiger partial charge < -0.3 is 15.2 Å². The molecule has 0 amide bonds. The lowest BCUT2D eigenvalue weighted by atomic mass is 9.86. The predicted octanol–water partition coefficient (Wildman–Crippen LogP) is 2.11. The van der Waals surface area contributed by atoms with E-state index in [4.69, 9.17) is 0 Å². The molecule has 0 heterocycles. The summed E-state index contributed by atoms with van der Waals surface area (Å²) in [4.78, 5) is 11.3. The Morgan fingerprint density at radius 2 is 1.83 bits per heavy atom. The van der Waals surface area contributed by atoms with E-state index in [0.29, 0.717) is 0 Å². The maximum atomic E-state index is 11.3. The Morgan fingerprint density at radius 1 is 1.22 bits per heavy atom. The van der Waals surface area contributed by atoms with Crippen molar-refractivity contribution in [1.82, 2.24) is 5.32 Å². The zero-order chi connectivity index (χ0) is 14.2. The normalized spacial score (nSPS) is 15.2. The third kappa shape index (κ3) is 6.97. The second kappa shape index (κ2) is 7.74. The van der Waals surface area contributed by atoms with Gasteiger partial charge in [0.15, 0.2) is 5.60 Å². The van der Waals surface area contributed by atoms with Crippen molar-refractivity contribution in [2.24, 2.45) is 5.41 Å². The first-order valence-corrected chi connectivity index (χ1v) is 6.76. The molecule has 0 aliphatic heterocycles. The number of hydrogen-bond acceptors (Lipinski definition) is 4. The molecule has 4 nitrogen and oxygen atoms in total. The highest BCUT2D eigenvalue weighted by atomic mass is 16.5. The summed E-state index contributed by atoms with van der Waals surface area (Å²) in [5.41, 5.74) is -1.27. The van der Waals surface area contributed by atoms with E-state index < -0.39 is 11.6 Å². The van der Waals surface area contributed by atoms with Crippen LogP contribution < -0.4 is 5.32 Å². The van der Waals surface area contributed by atoms with Crippen molar-refractivity contribution >= 4 is 5.97 Å². The molecule has 108 valence electrons. The Kier molecular flexibility index (Phi) is 7.48. The summed E-state index contributed by atoms with van der Waals surface area (Å²) in [6.45, 7) is 9.06. The average molecular weight is 259 g/mol. The van der Waals surface area contributed by atoms with Crippen LogP contribution in [0.4, 0.5) is 0 Å². The summed E-state index contributed by atoms with van der Waals surface area (Å²) in [7, 11) is 1.28. The molecule has 2 N–H and O–H groups in total. The molecule has 0 aliphatic rings. The number of carbonyl (C=O) groups is 1. The van der Waals surface area contributed by atoms with Gasteiger partial charge in [-0.05, 0) is 18.8 Å². The molecule has 0 aliphatic carbocycles. The molecule has 0 rings (SSSR count). The lowest BCUT2D eigenvalue weighted by Gasteiger charge is -2.27. The van der Waals surface area contributed by atoms with Crippen LogP contribution >= 0.6 is 0 Å². The van der Waals surface area contributed by atoms with Crippen LogP contribution in [-0.2, 0) is 9.53 Å². The van der Waals surface area contributed by atoms with Gasteiger partial charge in [-0.3, -0.25) is 0 Å². The number of hydrogen-bond donors (Lipinski definition) is 2. The smallest absolute Gasteiger partial charge is 0.338 e. The standard InChI is InChI=1S/C14H29NO3/c1-6-7-8-9-13(2,3)10-15-11-14(4,17)12(16)18-5/h15,17H,6-11H2,1-5H3. The van der Waals surface area contributed by atoms with E-state index in [1.54, 1.807) is 0 Å². The Balaban J connectivity index is 3.98. The summed E-state index contributed by atoms with van der Waals surface area (Å²) in [6.07, 6.45) is 4.84. The van der Waals surface area contributed by atoms with E-state index in [9.17, 15) is 9.90 Å². The SMILES string of the molecule is CCCCCC(C)(C)CNCC(C)(O)C(=O)OC. The fourth-order valence-electron chi connectivity index (χ4n) is 1.88. The van der Waals surface area contributed by atoms with Gasteiger partial charge >= 0.3 is 5.97 Å². The minimum Gasteiger partial charge on any atom is -0.467 e. The summed E-state index contributed by atoms with van der Waals surface area (Å²) >= 11 is 0. The van der Waals surface area contributed by atoms with Crippen LogP contribution in [0.15, 0.2) is 0 Å². The van der Waals surface area contributed by atoms with Gasteiger partial charge in [-0.15, -0.1) is 0 Å². The first-order chi connectivity index (χ1) is 8.25. The molecule has 0 aromatic carbocycles. The van der Waals surface area contributed by atoms with E-state index in [2.05, 4.69) is 30.8 Å². The second-order valence-corrected chi connectivity index (χ2v) is 5.99. The minimum atomic E-state index is -1.45. The molecule has 0 saturated carbocycles. The molecule has 1 atom stereocenters. The van der Waals surface area contributed by atoms with Gasteiger partial charge in [-0.2, -0.15) is 0 Å². The summed E-state index contributed by atoms with van der Waals surface area (Å²) in [6, 6.07) is 0. The summed E-state index contributed by atoms with van der Waals surface area (Å²) in [5, 5.41) is 13.0. The lowest BCUT2D eigenvalue weighted by molar-refractivity contribution is -0.160. The first-order valence-electron chi connectivity index (χ1n) is 6.76. The molecule has 1 unspecified atom stereocenters. The van der Waals surface area contributed by atoms with Crippen molar-refractivity contribution in [3.05, 3.63) is 0 Å². The van der Waals surface area contributed by atoms with Crippen LogP contribution in [0.25, 0.3) is 0 Å². The van der Waals surface area contributed by atoms with Crippen molar-refractivity contribution in [3.8, 4) is 0 Å². The molecule has 0 aromatic rings. The molecule has 18 heavy (non-hydrogen) atoms. The van der Waals surface area contributed by atoms with Gasteiger partial charge in [0, 0.05) is 13.1 Å². The van der Waals surface area contributed by atoms with Gasteiger partial charge in [-0.1, -0.05) is 40.0 Å². The zero-order valence-corrected chi connectivity index (χ0v) is 12.5. The number of rotatable bonds is 9. The largest absolute Gasteiger partial charge is 0.467 e. The Hall–Kier alpha value is -0.610. The second-order valence-electron chi connectivity index (χ2n) is 5.99. The number of aliphatic hydroxyl groups is 1. The minimum absolute atomic E-state index is 0.182. The number of esters is 1. The predicted molar refractivity (Wildman–Crippen MR) is 73.4 cm³/mol. The fraction of sp³-hybridized carbons (Fsp3) is 0.929. The highest BCUT2D eigenvalue weighted by Gasteiger charge is 2.31. The highest BCUT2D eigenvalue weighted by molar-refractivity contribution is 5.78. The number of carbonyl (C=O) groups excluding carboxylic acids is 1. The van der Waals surface area contributed by atoms with Gasteiger partial charge in [-0.25, -0.2) is 4.79 Å². The number of unbranched alkanes of at least 4 members (excludes halogenated alkanes) is 2. The van der Waals surface area contributed by atoms with Crippen molar-refractivity contribution in [1.29, 1.82) is 0 Å². The molecular formula is C14H29NO3. The quantitative estimate of drug-likeness (QED) is 0.492. The van der Waals surface area contributed by atoms with E-state index in [1.165, 1.54) is 33.3 Å². The zero-order valence-electron chi connectivity index (χ0n) is 12.5. The van der Waals surface area contributed by atoms with E-state index in [0.717, 1.165) is 13.0 Å². The van der Waals surface area contributed by atoms with Gasteiger partial charge in [0.25, 0.3) is 0 Å². The number of methoxy groups -OCH3 is 1. The summed E-state index contributed by atoms with van der Waals surface area (Å²) in [5.74, 6) is -0.598. The molecule has 0 aromatic heterocycles. The topological polar surface area (TPSA) is 58.6 Å². The Labute approximate surface area is 111 Å². The van der Waals surface area contributed by atoms with Crippen molar-refractivity contribution in [2.75, 3.05) is 20.2 Å². The van der Waals surface area contributed by atoms with Crippen LogP contribution in [0.3, 0.4) is 0 Å². The van der Waals surface area contributed by atoms with Crippen LogP contribution in [0.5, 0.6) is 0 Å². The maximum absolute atomic E-state index is 11.3. The third-order valence-corrected chi connectivity index (χ3v) is 3.16. The Bertz CT molecular complexity index is 249. The van der Waals surface area contributed by atoms with Crippen molar-refractivity contribution in [3.63, 3.8) is 0 Å².